The molecule has 1 heterocycles. The number of allylic oxidation sites excluding steroid dienone is 6. The summed E-state index contributed by atoms with van der Waals surface area (Å²) in [5.41, 5.74) is 5.18. The van der Waals surface area contributed by atoms with Crippen molar-refractivity contribution in [2.24, 2.45) is 0 Å². The van der Waals surface area contributed by atoms with Crippen LogP contribution in [-0.2, 0) is 0 Å². The van der Waals surface area contributed by atoms with Gasteiger partial charge in [0.15, 0.2) is 11.6 Å². The van der Waals surface area contributed by atoms with E-state index in [9.17, 15) is 0 Å². The number of hydrogen-bond donors (Lipinski definition) is 0. The summed E-state index contributed by atoms with van der Waals surface area (Å²) >= 11 is 0. The lowest BCUT2D eigenvalue weighted by Gasteiger charge is -2.10. The third kappa shape index (κ3) is 6.27. The average molecular weight is 556 g/mol. The van der Waals surface area contributed by atoms with Gasteiger partial charge in [0.05, 0.1) is 0 Å². The van der Waals surface area contributed by atoms with Gasteiger partial charge in [-0.1, -0.05) is 153 Å². The molecule has 0 bridgehead atoms. The molecule has 0 aliphatic carbocycles. The molecule has 208 valence electrons. The zero-order chi connectivity index (χ0) is 29.6. The van der Waals surface area contributed by atoms with Gasteiger partial charge in [0.1, 0.15) is 5.82 Å². The summed E-state index contributed by atoms with van der Waals surface area (Å²) in [6.45, 7) is 8.53. The van der Waals surface area contributed by atoms with Crippen molar-refractivity contribution in [3.8, 4) is 22.8 Å². The van der Waals surface area contributed by atoms with Crippen LogP contribution in [0.2, 0.25) is 0 Å². The van der Waals surface area contributed by atoms with Crippen molar-refractivity contribution in [3.63, 3.8) is 0 Å². The lowest BCUT2D eigenvalue weighted by molar-refractivity contribution is 0.828. The highest BCUT2D eigenvalue weighted by molar-refractivity contribution is 6.10. The van der Waals surface area contributed by atoms with Gasteiger partial charge < -0.3 is 0 Å². The smallest absolute Gasteiger partial charge is 0.163 e. The Balaban J connectivity index is 1.23. The van der Waals surface area contributed by atoms with Crippen molar-refractivity contribution in [3.05, 3.63) is 169 Å². The predicted molar refractivity (Wildman–Crippen MR) is 182 cm³/mol. The van der Waals surface area contributed by atoms with Crippen LogP contribution in [0.1, 0.15) is 31.2 Å². The molecule has 0 amide bonds. The SMILES string of the molecule is C=C(/C=C\c1cc2ccccc2c2ccccc12)/C(C)=C/C=C\C(C)c1nc(-c2ccccc2)nc(-c2ccccc2)n1. The van der Waals surface area contributed by atoms with E-state index in [2.05, 4.69) is 105 Å². The van der Waals surface area contributed by atoms with Gasteiger partial charge in [-0.25, -0.2) is 15.0 Å². The Labute approximate surface area is 253 Å². The highest BCUT2D eigenvalue weighted by Crippen LogP contribution is 2.30. The Morgan fingerprint density at radius 3 is 1.88 bits per heavy atom. The van der Waals surface area contributed by atoms with Crippen LogP contribution < -0.4 is 0 Å². The van der Waals surface area contributed by atoms with E-state index in [0.29, 0.717) is 11.6 Å². The third-order valence-corrected chi connectivity index (χ3v) is 7.64. The summed E-state index contributed by atoms with van der Waals surface area (Å²) < 4.78 is 0. The van der Waals surface area contributed by atoms with Gasteiger partial charge in [-0.3, -0.25) is 0 Å². The molecule has 6 aromatic rings. The van der Waals surface area contributed by atoms with Gasteiger partial charge in [0.2, 0.25) is 0 Å². The molecule has 0 aliphatic rings. The summed E-state index contributed by atoms with van der Waals surface area (Å²) in [6.07, 6.45) is 10.6. The molecule has 0 fully saturated rings. The number of aromatic nitrogens is 3. The van der Waals surface area contributed by atoms with E-state index in [4.69, 9.17) is 15.0 Å². The lowest BCUT2D eigenvalue weighted by atomic mass is 9.96. The zero-order valence-electron chi connectivity index (χ0n) is 24.5. The highest BCUT2D eigenvalue weighted by atomic mass is 15.0. The fourth-order valence-electron chi connectivity index (χ4n) is 5.13. The van der Waals surface area contributed by atoms with Crippen LogP contribution in [0.3, 0.4) is 0 Å². The first-order valence-corrected chi connectivity index (χ1v) is 14.6. The van der Waals surface area contributed by atoms with E-state index in [-0.39, 0.29) is 5.92 Å². The second-order valence-electron chi connectivity index (χ2n) is 10.7. The second kappa shape index (κ2) is 12.6. The summed E-state index contributed by atoms with van der Waals surface area (Å²) in [4.78, 5) is 14.5. The maximum Gasteiger partial charge on any atom is 0.163 e. The molecular weight excluding hydrogens is 522 g/mol. The number of hydrogen-bond acceptors (Lipinski definition) is 3. The number of rotatable bonds is 8. The van der Waals surface area contributed by atoms with Crippen LogP contribution in [0, 0.1) is 0 Å². The summed E-state index contributed by atoms with van der Waals surface area (Å²) in [5, 5.41) is 5.01. The van der Waals surface area contributed by atoms with Crippen LogP contribution in [0.4, 0.5) is 0 Å². The standard InChI is InChI=1S/C40H33N3/c1-28(29(2)25-26-34-27-33-21-10-11-22-35(33)37-24-13-12-23-36(34)37)15-14-16-30(3)38-41-39(31-17-6-4-7-18-31)43-40(42-38)32-19-8-5-9-20-32/h4-27,30H,2H2,1,3H3/b16-14-,26-25-,28-15+. The molecule has 0 aliphatic heterocycles. The third-order valence-electron chi connectivity index (χ3n) is 7.64. The average Bonchev–Trinajstić information content (AvgIpc) is 3.07. The first-order chi connectivity index (χ1) is 21.1. The van der Waals surface area contributed by atoms with Crippen LogP contribution >= 0.6 is 0 Å². The summed E-state index contributed by atoms with van der Waals surface area (Å²) in [5.74, 6) is 2.08. The largest absolute Gasteiger partial charge is 0.212 e. The molecule has 43 heavy (non-hydrogen) atoms. The lowest BCUT2D eigenvalue weighted by Crippen LogP contribution is -2.05. The van der Waals surface area contributed by atoms with Crippen molar-refractivity contribution in [2.45, 2.75) is 19.8 Å². The maximum absolute atomic E-state index is 4.85. The van der Waals surface area contributed by atoms with Gasteiger partial charge in [-0.05, 0) is 51.2 Å². The zero-order valence-corrected chi connectivity index (χ0v) is 24.5. The summed E-state index contributed by atoms with van der Waals surface area (Å²) in [6, 6.07) is 39.5. The fourth-order valence-corrected chi connectivity index (χ4v) is 5.13. The van der Waals surface area contributed by atoms with Crippen LogP contribution in [0.15, 0.2) is 157 Å². The molecule has 0 spiro atoms. The monoisotopic (exact) mass is 555 g/mol. The molecule has 5 aromatic carbocycles. The quantitative estimate of drug-likeness (QED) is 0.138. The van der Waals surface area contributed by atoms with Crippen LogP contribution in [0.5, 0.6) is 0 Å². The molecule has 1 aromatic heterocycles. The molecular formula is C40H33N3. The van der Waals surface area contributed by atoms with Crippen molar-refractivity contribution in [1.29, 1.82) is 0 Å². The second-order valence-corrected chi connectivity index (χ2v) is 10.7. The molecule has 0 saturated carbocycles. The Bertz CT molecular complexity index is 1940. The van der Waals surface area contributed by atoms with Gasteiger partial charge >= 0.3 is 0 Å². The predicted octanol–water partition coefficient (Wildman–Crippen LogP) is 10.4. The first kappa shape index (κ1) is 27.7. The van der Waals surface area contributed by atoms with E-state index in [1.54, 1.807) is 0 Å². The fraction of sp³-hybridized carbons (Fsp3) is 0.0750. The minimum Gasteiger partial charge on any atom is -0.212 e. The highest BCUT2D eigenvalue weighted by Gasteiger charge is 2.13. The summed E-state index contributed by atoms with van der Waals surface area (Å²) in [7, 11) is 0. The first-order valence-electron chi connectivity index (χ1n) is 14.6. The van der Waals surface area contributed by atoms with E-state index in [0.717, 1.165) is 28.1 Å². The molecule has 0 radical (unpaired) electrons. The van der Waals surface area contributed by atoms with Gasteiger partial charge in [-0.2, -0.15) is 0 Å². The normalized spacial score (nSPS) is 12.8. The molecule has 6 rings (SSSR count). The van der Waals surface area contributed by atoms with Crippen molar-refractivity contribution >= 4 is 27.6 Å². The van der Waals surface area contributed by atoms with Gasteiger partial charge in [-0.15, -0.1) is 0 Å². The van der Waals surface area contributed by atoms with Crippen molar-refractivity contribution in [1.82, 2.24) is 15.0 Å². The Morgan fingerprint density at radius 2 is 1.23 bits per heavy atom. The van der Waals surface area contributed by atoms with E-state index < -0.39 is 0 Å². The van der Waals surface area contributed by atoms with Crippen molar-refractivity contribution < 1.29 is 0 Å². The minimum absolute atomic E-state index is 0.00949. The topological polar surface area (TPSA) is 38.7 Å². The van der Waals surface area contributed by atoms with Crippen molar-refractivity contribution in [2.75, 3.05) is 0 Å². The molecule has 0 saturated heterocycles. The van der Waals surface area contributed by atoms with E-state index in [1.807, 2.05) is 60.7 Å². The molecule has 0 N–H and O–H groups in total. The van der Waals surface area contributed by atoms with Crippen LogP contribution in [0.25, 0.3) is 50.4 Å². The molecule has 3 heteroatoms. The van der Waals surface area contributed by atoms with Crippen LogP contribution in [-0.4, -0.2) is 15.0 Å². The Hall–Kier alpha value is -5.41. The van der Waals surface area contributed by atoms with Gasteiger partial charge in [0, 0.05) is 17.0 Å². The van der Waals surface area contributed by atoms with E-state index >= 15 is 0 Å². The molecule has 1 unspecified atom stereocenters. The number of nitrogens with zero attached hydrogens (tertiary/aromatic N) is 3. The Morgan fingerprint density at radius 1 is 0.674 bits per heavy atom. The number of benzene rings is 5. The molecule has 1 atom stereocenters. The van der Waals surface area contributed by atoms with Gasteiger partial charge in [0.25, 0.3) is 0 Å². The minimum atomic E-state index is -0.00949. The number of fused-ring (bicyclic) bond motifs is 3. The molecule has 3 nitrogen and oxygen atoms in total. The Kier molecular flexibility index (Phi) is 8.15. The maximum atomic E-state index is 4.85. The van der Waals surface area contributed by atoms with E-state index in [1.165, 1.54) is 27.1 Å².